The lowest BCUT2D eigenvalue weighted by atomic mass is 10.2. The van der Waals surface area contributed by atoms with Crippen molar-refractivity contribution in [3.8, 4) is 0 Å². The molecule has 0 fully saturated rings. The van der Waals surface area contributed by atoms with Gasteiger partial charge in [-0.15, -0.1) is 6.58 Å². The Morgan fingerprint density at radius 3 is 3.00 bits per heavy atom. The molecule has 1 heterocycles. The molecule has 0 saturated heterocycles. The third-order valence-electron chi connectivity index (χ3n) is 2.63. The van der Waals surface area contributed by atoms with Crippen LogP contribution in [-0.2, 0) is 13.0 Å². The van der Waals surface area contributed by atoms with Crippen molar-refractivity contribution < 1.29 is 0 Å². The second-order valence-corrected chi connectivity index (χ2v) is 4.34. The molecule has 1 aromatic heterocycles. The number of aromatic nitrogens is 2. The summed E-state index contributed by atoms with van der Waals surface area (Å²) >= 11 is 4.27. The van der Waals surface area contributed by atoms with Crippen LogP contribution in [0, 0.1) is 6.92 Å². The van der Waals surface area contributed by atoms with E-state index in [1.54, 1.807) is 0 Å². The Morgan fingerprint density at radius 2 is 2.31 bits per heavy atom. The highest BCUT2D eigenvalue weighted by Gasteiger charge is 2.08. The molecule has 2 aromatic rings. The van der Waals surface area contributed by atoms with Crippen LogP contribution in [0.25, 0.3) is 11.0 Å². The molecule has 0 N–H and O–H groups in total. The van der Waals surface area contributed by atoms with Crippen LogP contribution in [0.3, 0.4) is 0 Å². The molecule has 1 aromatic carbocycles. The molecule has 84 valence electrons. The molecule has 3 heteroatoms. The average Bonchev–Trinajstić information content (AvgIpc) is 2.57. The van der Waals surface area contributed by atoms with E-state index in [9.17, 15) is 0 Å². The maximum atomic E-state index is 4.65. The summed E-state index contributed by atoms with van der Waals surface area (Å²) in [6, 6.07) is 6.37. The van der Waals surface area contributed by atoms with Crippen LogP contribution in [0.5, 0.6) is 0 Å². The number of benzene rings is 1. The Labute approximate surface area is 101 Å². The van der Waals surface area contributed by atoms with E-state index in [-0.39, 0.29) is 0 Å². The Balaban J connectivity index is 2.60. The van der Waals surface area contributed by atoms with E-state index in [0.717, 1.165) is 30.1 Å². The molecule has 0 bridgehead atoms. The Kier molecular flexibility index (Phi) is 3.34. The Morgan fingerprint density at radius 1 is 1.50 bits per heavy atom. The largest absolute Gasteiger partial charge is 0.324 e. The first-order valence-corrected chi connectivity index (χ1v) is 6.07. The number of hydrogen-bond acceptors (Lipinski definition) is 2. The molecule has 0 radical (unpaired) electrons. The van der Waals surface area contributed by atoms with Crippen LogP contribution in [-0.4, -0.2) is 15.3 Å². The molecule has 16 heavy (non-hydrogen) atoms. The lowest BCUT2D eigenvalue weighted by Gasteiger charge is -2.04. The zero-order valence-corrected chi connectivity index (χ0v) is 10.4. The zero-order chi connectivity index (χ0) is 11.5. The van der Waals surface area contributed by atoms with E-state index >= 15 is 0 Å². The number of hydrogen-bond donors (Lipinski definition) is 1. The number of thiol groups is 1. The number of rotatable bonds is 4. The van der Waals surface area contributed by atoms with Gasteiger partial charge in [0.25, 0.3) is 0 Å². The van der Waals surface area contributed by atoms with E-state index in [0.29, 0.717) is 0 Å². The monoisotopic (exact) mass is 232 g/mol. The molecule has 0 unspecified atom stereocenters. The number of nitrogens with zero attached hydrogens (tertiary/aromatic N) is 2. The van der Waals surface area contributed by atoms with E-state index in [1.165, 1.54) is 11.1 Å². The van der Waals surface area contributed by atoms with E-state index in [1.807, 2.05) is 6.08 Å². The normalized spacial score (nSPS) is 10.9. The summed E-state index contributed by atoms with van der Waals surface area (Å²) in [5.41, 5.74) is 3.49. The second kappa shape index (κ2) is 4.74. The van der Waals surface area contributed by atoms with Gasteiger partial charge in [0, 0.05) is 13.0 Å². The lowest BCUT2D eigenvalue weighted by molar-refractivity contribution is 0.773. The van der Waals surface area contributed by atoms with Gasteiger partial charge in [-0.05, 0) is 30.4 Å². The van der Waals surface area contributed by atoms with Gasteiger partial charge in [0.1, 0.15) is 5.82 Å². The molecule has 0 aliphatic rings. The van der Waals surface area contributed by atoms with Crippen LogP contribution in [0.1, 0.15) is 11.4 Å². The number of aryl methyl sites for hydroxylation is 2. The van der Waals surface area contributed by atoms with Gasteiger partial charge >= 0.3 is 0 Å². The van der Waals surface area contributed by atoms with Gasteiger partial charge in [-0.3, -0.25) is 0 Å². The fraction of sp³-hybridized carbons (Fsp3) is 0.308. The number of imidazole rings is 1. The van der Waals surface area contributed by atoms with Crippen LogP contribution >= 0.6 is 12.6 Å². The maximum absolute atomic E-state index is 4.65. The highest BCUT2D eigenvalue weighted by Crippen LogP contribution is 2.18. The van der Waals surface area contributed by atoms with Gasteiger partial charge in [0.2, 0.25) is 0 Å². The van der Waals surface area contributed by atoms with Gasteiger partial charge in [0.15, 0.2) is 0 Å². The van der Waals surface area contributed by atoms with Crippen molar-refractivity contribution in [1.82, 2.24) is 9.55 Å². The Bertz CT molecular complexity index is 514. The van der Waals surface area contributed by atoms with Crippen LogP contribution in [0.15, 0.2) is 30.9 Å². The molecule has 0 atom stereocenters. The SMILES string of the molecule is C=CCn1c(CCS)nc2cc(C)ccc21. The Hall–Kier alpha value is -1.22. The molecule has 0 saturated carbocycles. The summed E-state index contributed by atoms with van der Waals surface area (Å²) in [4.78, 5) is 4.65. The quantitative estimate of drug-likeness (QED) is 0.634. The van der Waals surface area contributed by atoms with Gasteiger partial charge in [-0.1, -0.05) is 12.1 Å². The van der Waals surface area contributed by atoms with E-state index < -0.39 is 0 Å². The van der Waals surface area contributed by atoms with Gasteiger partial charge in [-0.25, -0.2) is 4.98 Å². The van der Waals surface area contributed by atoms with Crippen molar-refractivity contribution in [2.45, 2.75) is 19.9 Å². The molecule has 2 rings (SSSR count). The van der Waals surface area contributed by atoms with Crippen LogP contribution in [0.4, 0.5) is 0 Å². The highest BCUT2D eigenvalue weighted by atomic mass is 32.1. The summed E-state index contributed by atoms with van der Waals surface area (Å²) < 4.78 is 2.21. The van der Waals surface area contributed by atoms with Crippen molar-refractivity contribution in [2.24, 2.45) is 0 Å². The minimum absolute atomic E-state index is 0.808. The third-order valence-corrected chi connectivity index (χ3v) is 2.85. The fourth-order valence-electron chi connectivity index (χ4n) is 1.91. The summed E-state index contributed by atoms with van der Waals surface area (Å²) in [7, 11) is 0. The smallest absolute Gasteiger partial charge is 0.110 e. The fourth-order valence-corrected chi connectivity index (χ4v) is 2.11. The highest BCUT2D eigenvalue weighted by molar-refractivity contribution is 7.80. The molecule has 0 aliphatic carbocycles. The first-order valence-electron chi connectivity index (χ1n) is 5.43. The number of allylic oxidation sites excluding steroid dienone is 1. The van der Waals surface area contributed by atoms with Crippen molar-refractivity contribution in [2.75, 3.05) is 5.75 Å². The van der Waals surface area contributed by atoms with Crippen molar-refractivity contribution in [3.05, 3.63) is 42.2 Å². The van der Waals surface area contributed by atoms with Crippen molar-refractivity contribution in [3.63, 3.8) is 0 Å². The minimum Gasteiger partial charge on any atom is -0.324 e. The lowest BCUT2D eigenvalue weighted by Crippen LogP contribution is -2.02. The predicted molar refractivity (Wildman–Crippen MR) is 72.2 cm³/mol. The minimum atomic E-state index is 0.808. The molecule has 0 aliphatic heterocycles. The zero-order valence-electron chi connectivity index (χ0n) is 9.48. The van der Waals surface area contributed by atoms with Crippen molar-refractivity contribution >= 4 is 23.7 Å². The molecular weight excluding hydrogens is 216 g/mol. The standard InChI is InChI=1S/C13H16N2S/c1-3-7-15-12-5-4-10(2)9-11(12)14-13(15)6-8-16/h3-5,9,16H,1,6-8H2,2H3. The van der Waals surface area contributed by atoms with Gasteiger partial charge < -0.3 is 4.57 Å². The van der Waals surface area contributed by atoms with Gasteiger partial charge in [0.05, 0.1) is 11.0 Å². The third kappa shape index (κ3) is 2.00. The van der Waals surface area contributed by atoms with E-state index in [4.69, 9.17) is 0 Å². The molecule has 0 spiro atoms. The summed E-state index contributed by atoms with van der Waals surface area (Å²) in [5.74, 6) is 1.91. The predicted octanol–water partition coefficient (Wildman–Crippen LogP) is 3.00. The first kappa shape index (κ1) is 11.3. The molecular formula is C13H16N2S. The molecule has 2 nitrogen and oxygen atoms in total. The summed E-state index contributed by atoms with van der Waals surface area (Å²) in [6.07, 6.45) is 2.80. The first-order chi connectivity index (χ1) is 7.76. The number of fused-ring (bicyclic) bond motifs is 1. The molecule has 0 amide bonds. The maximum Gasteiger partial charge on any atom is 0.110 e. The second-order valence-electron chi connectivity index (χ2n) is 3.89. The van der Waals surface area contributed by atoms with Crippen LogP contribution in [0.2, 0.25) is 0 Å². The summed E-state index contributed by atoms with van der Waals surface area (Å²) in [5, 5.41) is 0. The average molecular weight is 232 g/mol. The van der Waals surface area contributed by atoms with E-state index in [2.05, 4.69) is 53.9 Å². The van der Waals surface area contributed by atoms with Crippen LogP contribution < -0.4 is 0 Å². The topological polar surface area (TPSA) is 17.8 Å². The van der Waals surface area contributed by atoms with Crippen molar-refractivity contribution in [1.29, 1.82) is 0 Å². The summed E-state index contributed by atoms with van der Waals surface area (Å²) in [6.45, 7) is 6.69. The van der Waals surface area contributed by atoms with Gasteiger partial charge in [-0.2, -0.15) is 12.6 Å².